The van der Waals surface area contributed by atoms with Crippen LogP contribution in [0.25, 0.3) is 0 Å². The molecular formula is C25H39N9+2. The maximum atomic E-state index is 5.95. The number of rotatable bonds is 0. The molecule has 0 spiro atoms. The average Bonchev–Trinajstić information content (AvgIpc) is 3.32. The zero-order valence-corrected chi connectivity index (χ0v) is 21.1. The molecule has 0 aromatic carbocycles. The van der Waals surface area contributed by atoms with E-state index in [0.29, 0.717) is 11.7 Å². The van der Waals surface area contributed by atoms with E-state index in [2.05, 4.69) is 77.4 Å². The summed E-state index contributed by atoms with van der Waals surface area (Å²) in [4.78, 5) is 17.7. The van der Waals surface area contributed by atoms with Gasteiger partial charge in [-0.1, -0.05) is 49.0 Å². The highest BCUT2D eigenvalue weighted by Crippen LogP contribution is 2.45. The fourth-order valence-corrected chi connectivity index (χ4v) is 4.37. The Morgan fingerprint density at radius 1 is 0.971 bits per heavy atom. The van der Waals surface area contributed by atoms with Gasteiger partial charge in [-0.2, -0.15) is 9.58 Å². The van der Waals surface area contributed by atoms with E-state index >= 15 is 0 Å². The van der Waals surface area contributed by atoms with E-state index < -0.39 is 0 Å². The maximum absolute atomic E-state index is 5.95. The third-order valence-electron chi connectivity index (χ3n) is 6.36. The molecular weight excluding hydrogens is 426 g/mol. The number of aromatic nitrogens is 4. The van der Waals surface area contributed by atoms with Crippen LogP contribution in [0.15, 0.2) is 22.7 Å². The third-order valence-corrected chi connectivity index (χ3v) is 6.36. The lowest BCUT2D eigenvalue weighted by Crippen LogP contribution is -2.33. The number of amidine groups is 1. The second-order valence-corrected chi connectivity index (χ2v) is 11.1. The van der Waals surface area contributed by atoms with E-state index in [1.54, 1.807) is 17.2 Å². The van der Waals surface area contributed by atoms with E-state index in [1.165, 1.54) is 0 Å². The standard InChI is InChI=1S/C13H18N5.C11H16N4.CH4/c1-8-16-17(5)12-11-10(14-7-15-12)9(6-18(8)11)13(2,3)4;1-11(2,3)7-5-13-9-8(7)14-6-15(4)10(9)12;/h6-7,9H,1-5H3;5-7,12H,1-4H3;1H4/q+1;;/p+1. The van der Waals surface area contributed by atoms with Gasteiger partial charge in [-0.25, -0.2) is 14.5 Å². The van der Waals surface area contributed by atoms with Crippen molar-refractivity contribution in [3.8, 4) is 0 Å². The van der Waals surface area contributed by atoms with Crippen LogP contribution in [-0.2, 0) is 7.05 Å². The third kappa shape index (κ3) is 4.19. The van der Waals surface area contributed by atoms with Crippen LogP contribution >= 0.6 is 0 Å². The van der Waals surface area contributed by atoms with Crippen LogP contribution in [-0.4, -0.2) is 44.8 Å². The maximum Gasteiger partial charge on any atom is 0.326 e. The molecule has 0 saturated heterocycles. The number of hydrogen-bond acceptors (Lipinski definition) is 7. The summed E-state index contributed by atoms with van der Waals surface area (Å²) in [6.07, 6.45) is 7.56. The highest BCUT2D eigenvalue weighted by molar-refractivity contribution is 5.90. The predicted molar refractivity (Wildman–Crippen MR) is 139 cm³/mol. The average molecular weight is 466 g/mol. The molecule has 2 aromatic rings. The molecule has 0 radical (unpaired) electrons. The summed E-state index contributed by atoms with van der Waals surface area (Å²) >= 11 is 0. The van der Waals surface area contributed by atoms with Gasteiger partial charge in [0.1, 0.15) is 12.0 Å². The Kier molecular flexibility index (Phi) is 6.37. The SMILES string of the molecule is C.CC1=NN(C)c2ncnc3c2[N+]1=CC3C(C)(C)C.C[n+]1cnc2c(c1N)N=CC2C(C)(C)C. The van der Waals surface area contributed by atoms with Crippen LogP contribution in [0.4, 0.5) is 23.0 Å². The number of nitrogen functional groups attached to an aromatic ring is 1. The molecule has 9 nitrogen and oxygen atoms in total. The molecule has 0 aliphatic carbocycles. The Morgan fingerprint density at radius 3 is 2.24 bits per heavy atom. The van der Waals surface area contributed by atoms with Crippen molar-refractivity contribution in [2.24, 2.45) is 28.0 Å². The summed E-state index contributed by atoms with van der Waals surface area (Å²) in [5, 5.41) is 6.31. The minimum atomic E-state index is 0. The zero-order chi connectivity index (χ0) is 24.3. The minimum absolute atomic E-state index is 0. The molecule has 5 rings (SSSR count). The number of aryl methyl sites for hydroxylation is 1. The Hall–Kier alpha value is -3.23. The molecule has 2 N–H and O–H groups in total. The number of nitrogens with two attached hydrogens (primary N) is 1. The van der Waals surface area contributed by atoms with E-state index in [9.17, 15) is 0 Å². The second-order valence-electron chi connectivity index (χ2n) is 11.1. The second kappa shape index (κ2) is 8.52. The minimum Gasteiger partial charge on any atom is -0.317 e. The molecule has 34 heavy (non-hydrogen) atoms. The van der Waals surface area contributed by atoms with Gasteiger partial charge < -0.3 is 5.73 Å². The van der Waals surface area contributed by atoms with Gasteiger partial charge in [0, 0.05) is 13.1 Å². The molecule has 3 aliphatic heterocycles. The Balaban J connectivity index is 0.000000188. The molecule has 2 aromatic heterocycles. The normalized spacial score (nSPS) is 20.0. The molecule has 0 fully saturated rings. The van der Waals surface area contributed by atoms with Gasteiger partial charge >= 0.3 is 5.84 Å². The van der Waals surface area contributed by atoms with Crippen LogP contribution in [0.5, 0.6) is 0 Å². The molecule has 0 saturated carbocycles. The Labute approximate surface area is 203 Å². The summed E-state index contributed by atoms with van der Waals surface area (Å²) in [6.45, 7) is 15.3. The van der Waals surface area contributed by atoms with Crippen LogP contribution in [0.1, 0.15) is 79.1 Å². The van der Waals surface area contributed by atoms with Crippen molar-refractivity contribution in [1.82, 2.24) is 15.0 Å². The number of anilines is 2. The van der Waals surface area contributed by atoms with Crippen molar-refractivity contribution < 1.29 is 9.14 Å². The monoisotopic (exact) mass is 465 g/mol. The molecule has 0 amide bonds. The highest BCUT2D eigenvalue weighted by atomic mass is 15.5. The smallest absolute Gasteiger partial charge is 0.317 e. The largest absolute Gasteiger partial charge is 0.326 e. The van der Waals surface area contributed by atoms with Crippen molar-refractivity contribution in [3.63, 3.8) is 0 Å². The summed E-state index contributed by atoms with van der Waals surface area (Å²) < 4.78 is 3.92. The van der Waals surface area contributed by atoms with Crippen molar-refractivity contribution >= 4 is 41.3 Å². The first kappa shape index (κ1) is 25.4. The van der Waals surface area contributed by atoms with Crippen LogP contribution < -0.4 is 15.3 Å². The summed E-state index contributed by atoms with van der Waals surface area (Å²) in [7, 11) is 3.80. The van der Waals surface area contributed by atoms with Gasteiger partial charge in [0.2, 0.25) is 23.7 Å². The van der Waals surface area contributed by atoms with Crippen molar-refractivity contribution in [1.29, 1.82) is 0 Å². The topological polar surface area (TPSA) is 99.5 Å². The first-order valence-electron chi connectivity index (χ1n) is 11.3. The predicted octanol–water partition coefficient (Wildman–Crippen LogP) is 4.09. The van der Waals surface area contributed by atoms with E-state index in [-0.39, 0.29) is 24.2 Å². The van der Waals surface area contributed by atoms with Crippen LogP contribution in [0, 0.1) is 10.8 Å². The van der Waals surface area contributed by atoms with E-state index in [1.807, 2.05) is 32.2 Å². The van der Waals surface area contributed by atoms with Gasteiger partial charge in [-0.15, -0.1) is 4.98 Å². The quantitative estimate of drug-likeness (QED) is 0.591. The lowest BCUT2D eigenvalue weighted by atomic mass is 9.80. The van der Waals surface area contributed by atoms with Gasteiger partial charge in [0.05, 0.1) is 37.2 Å². The van der Waals surface area contributed by atoms with E-state index in [4.69, 9.17) is 5.73 Å². The van der Waals surface area contributed by atoms with Gasteiger partial charge in [0.25, 0.3) is 0 Å². The van der Waals surface area contributed by atoms with Gasteiger partial charge in [-0.3, -0.25) is 4.99 Å². The summed E-state index contributed by atoms with van der Waals surface area (Å²) in [5.74, 6) is 3.09. The Bertz CT molecular complexity index is 1200. The Morgan fingerprint density at radius 2 is 1.62 bits per heavy atom. The number of aliphatic imine (C=N–C) groups is 1. The summed E-state index contributed by atoms with van der Waals surface area (Å²) in [5.41, 5.74) is 10.2. The highest BCUT2D eigenvalue weighted by Gasteiger charge is 2.43. The van der Waals surface area contributed by atoms with Crippen molar-refractivity contribution in [2.75, 3.05) is 17.8 Å². The van der Waals surface area contributed by atoms with Crippen molar-refractivity contribution in [2.45, 2.75) is 67.7 Å². The molecule has 3 aliphatic rings. The summed E-state index contributed by atoms with van der Waals surface area (Å²) in [6, 6.07) is 0. The fourth-order valence-electron chi connectivity index (χ4n) is 4.37. The molecule has 2 unspecified atom stereocenters. The number of fused-ring (bicyclic) bond motifs is 1. The van der Waals surface area contributed by atoms with Crippen LogP contribution in [0.2, 0.25) is 0 Å². The van der Waals surface area contributed by atoms with Gasteiger partial charge in [0.15, 0.2) is 11.4 Å². The zero-order valence-electron chi connectivity index (χ0n) is 21.1. The van der Waals surface area contributed by atoms with Gasteiger partial charge in [-0.05, 0) is 10.8 Å². The first-order chi connectivity index (χ1) is 15.3. The molecule has 2 atom stereocenters. The van der Waals surface area contributed by atoms with E-state index in [0.717, 1.165) is 34.4 Å². The molecule has 0 bridgehead atoms. The molecule has 5 heterocycles. The first-order valence-corrected chi connectivity index (χ1v) is 11.3. The number of hydrogen-bond donors (Lipinski definition) is 1. The number of hydrazone groups is 1. The fraction of sp³-hybridized carbons (Fsp3) is 0.560. The van der Waals surface area contributed by atoms with Crippen molar-refractivity contribution in [3.05, 3.63) is 24.0 Å². The molecule has 9 heteroatoms. The van der Waals surface area contributed by atoms with Crippen LogP contribution in [0.3, 0.4) is 0 Å². The number of nitrogens with zero attached hydrogens (tertiary/aromatic N) is 8. The molecule has 182 valence electrons. The lowest BCUT2D eigenvalue weighted by Gasteiger charge is -2.23. The lowest BCUT2D eigenvalue weighted by molar-refractivity contribution is -0.659.